The molecule has 1 aromatic heterocycles. The molecule has 1 amide bonds. The van der Waals surface area contributed by atoms with Gasteiger partial charge in [-0.25, -0.2) is 0 Å². The number of carbonyl (C=O) groups is 1. The molecule has 1 aliphatic heterocycles. The first-order chi connectivity index (χ1) is 7.77. The van der Waals surface area contributed by atoms with Crippen LogP contribution >= 0.6 is 0 Å². The van der Waals surface area contributed by atoms with Crippen molar-refractivity contribution in [2.24, 2.45) is 10.7 Å². The number of nitrogens with two attached hydrogens (primary N) is 1. The molecular weight excluding hydrogens is 208 g/mol. The van der Waals surface area contributed by atoms with E-state index in [0.717, 1.165) is 11.3 Å². The van der Waals surface area contributed by atoms with Crippen molar-refractivity contribution < 1.29 is 9.32 Å². The van der Waals surface area contributed by atoms with Gasteiger partial charge < -0.3 is 15.6 Å². The van der Waals surface area contributed by atoms with Crippen LogP contribution in [0, 0.1) is 0 Å². The summed E-state index contributed by atoms with van der Waals surface area (Å²) in [4.78, 5) is 15.2. The van der Waals surface area contributed by atoms with Gasteiger partial charge >= 0.3 is 0 Å². The fraction of sp³-hybridized carbons (Fsp3) is 0.100. The second-order valence-corrected chi connectivity index (χ2v) is 3.45. The summed E-state index contributed by atoms with van der Waals surface area (Å²) >= 11 is 0. The molecule has 2 heterocycles. The van der Waals surface area contributed by atoms with Gasteiger partial charge in [0, 0.05) is 11.8 Å². The highest BCUT2D eigenvalue weighted by atomic mass is 16.5. The van der Waals surface area contributed by atoms with Crippen molar-refractivity contribution in [3.05, 3.63) is 23.4 Å². The number of aromatic nitrogens is 1. The van der Waals surface area contributed by atoms with E-state index in [1.165, 1.54) is 0 Å². The number of hydrogen-bond donors (Lipinski definition) is 2. The number of nitrogens with one attached hydrogen (secondary N) is 1. The summed E-state index contributed by atoms with van der Waals surface area (Å²) in [5.41, 5.74) is 7.59. The first kappa shape index (κ1) is 8.90. The van der Waals surface area contributed by atoms with Gasteiger partial charge in [0.25, 0.3) is 5.91 Å². The Hall–Kier alpha value is -2.37. The van der Waals surface area contributed by atoms with Crippen LogP contribution in [0.5, 0.6) is 0 Å². The number of rotatable bonds is 1. The van der Waals surface area contributed by atoms with Gasteiger partial charge in [-0.15, -0.1) is 0 Å². The lowest BCUT2D eigenvalue weighted by Gasteiger charge is -2.11. The fourth-order valence-electron chi connectivity index (χ4n) is 1.76. The zero-order valence-corrected chi connectivity index (χ0v) is 8.23. The van der Waals surface area contributed by atoms with Crippen molar-refractivity contribution in [3.8, 4) is 0 Å². The van der Waals surface area contributed by atoms with Crippen LogP contribution in [-0.4, -0.2) is 23.9 Å². The number of fused-ring (bicyclic) bond motifs is 3. The van der Waals surface area contributed by atoms with E-state index >= 15 is 0 Å². The van der Waals surface area contributed by atoms with Crippen molar-refractivity contribution in [1.29, 1.82) is 0 Å². The first-order valence-electron chi connectivity index (χ1n) is 4.73. The monoisotopic (exact) mass is 216 g/mol. The fourth-order valence-corrected chi connectivity index (χ4v) is 1.76. The number of aliphatic imine (C=N–C) groups is 1. The smallest absolute Gasteiger partial charge is 0.271 e. The molecule has 16 heavy (non-hydrogen) atoms. The van der Waals surface area contributed by atoms with Crippen molar-refractivity contribution in [1.82, 2.24) is 5.16 Å². The molecule has 0 radical (unpaired) electrons. The van der Waals surface area contributed by atoms with E-state index in [4.69, 9.17) is 10.3 Å². The Bertz CT molecular complexity index is 615. The Balaban J connectivity index is 2.34. The highest BCUT2D eigenvalue weighted by Crippen LogP contribution is 2.29. The second-order valence-electron chi connectivity index (χ2n) is 3.45. The molecule has 0 saturated carbocycles. The van der Waals surface area contributed by atoms with Gasteiger partial charge in [0.2, 0.25) is 0 Å². The van der Waals surface area contributed by atoms with E-state index in [0.29, 0.717) is 17.6 Å². The molecular formula is C10H8N4O2. The number of anilines is 1. The minimum absolute atomic E-state index is 0.155. The van der Waals surface area contributed by atoms with Gasteiger partial charge in [-0.3, -0.25) is 9.79 Å². The molecule has 0 spiro atoms. The van der Waals surface area contributed by atoms with Gasteiger partial charge in [0.15, 0.2) is 11.3 Å². The standard InChI is InChI=1S/C10H8N4O2/c11-10(15)8-6-2-1-5-3-12-4-13-7(5)9(6)16-14-8/h1-3,13H,4H2,(H2,11,15). The van der Waals surface area contributed by atoms with Crippen LogP contribution in [0.15, 0.2) is 21.6 Å². The van der Waals surface area contributed by atoms with Gasteiger partial charge in [-0.05, 0) is 6.07 Å². The zero-order valence-electron chi connectivity index (χ0n) is 8.23. The van der Waals surface area contributed by atoms with Crippen LogP contribution in [0.1, 0.15) is 16.1 Å². The first-order valence-corrected chi connectivity index (χ1v) is 4.73. The summed E-state index contributed by atoms with van der Waals surface area (Å²) in [7, 11) is 0. The number of primary amides is 1. The maximum Gasteiger partial charge on any atom is 0.271 e. The summed E-state index contributed by atoms with van der Waals surface area (Å²) in [5, 5.41) is 7.36. The minimum Gasteiger partial charge on any atom is -0.364 e. The molecule has 0 atom stereocenters. The number of carbonyl (C=O) groups excluding carboxylic acids is 1. The van der Waals surface area contributed by atoms with E-state index in [9.17, 15) is 4.79 Å². The Morgan fingerprint density at radius 3 is 3.19 bits per heavy atom. The Morgan fingerprint density at radius 2 is 2.38 bits per heavy atom. The highest BCUT2D eigenvalue weighted by Gasteiger charge is 2.18. The predicted octanol–water partition coefficient (Wildman–Crippen LogP) is 0.729. The average molecular weight is 216 g/mol. The quantitative estimate of drug-likeness (QED) is 0.734. The lowest BCUT2D eigenvalue weighted by Crippen LogP contribution is -2.12. The van der Waals surface area contributed by atoms with Crippen LogP contribution in [0.4, 0.5) is 5.69 Å². The highest BCUT2D eigenvalue weighted by molar-refractivity contribution is 6.09. The third-order valence-corrected chi connectivity index (χ3v) is 2.48. The molecule has 3 rings (SSSR count). The molecule has 0 fully saturated rings. The number of amides is 1. The molecule has 6 heteroatoms. The van der Waals surface area contributed by atoms with Gasteiger partial charge in [0.1, 0.15) is 6.67 Å². The summed E-state index contributed by atoms with van der Waals surface area (Å²) in [6.45, 7) is 0.485. The summed E-state index contributed by atoms with van der Waals surface area (Å²) in [6.07, 6.45) is 1.75. The van der Waals surface area contributed by atoms with E-state index in [1.54, 1.807) is 12.3 Å². The van der Waals surface area contributed by atoms with Crippen LogP contribution in [0.3, 0.4) is 0 Å². The van der Waals surface area contributed by atoms with Crippen LogP contribution in [0.2, 0.25) is 0 Å². The number of nitrogens with zero attached hydrogens (tertiary/aromatic N) is 2. The van der Waals surface area contributed by atoms with E-state index < -0.39 is 5.91 Å². The van der Waals surface area contributed by atoms with Crippen molar-refractivity contribution in [2.45, 2.75) is 0 Å². The maximum absolute atomic E-state index is 11.1. The van der Waals surface area contributed by atoms with E-state index in [-0.39, 0.29) is 5.69 Å². The molecule has 6 nitrogen and oxygen atoms in total. The lowest BCUT2D eigenvalue weighted by atomic mass is 10.1. The van der Waals surface area contributed by atoms with Crippen LogP contribution in [0.25, 0.3) is 11.0 Å². The van der Waals surface area contributed by atoms with Gasteiger partial charge in [-0.1, -0.05) is 11.2 Å². The largest absolute Gasteiger partial charge is 0.364 e. The molecule has 1 aromatic carbocycles. The lowest BCUT2D eigenvalue weighted by molar-refractivity contribution is 0.0993. The minimum atomic E-state index is -0.594. The van der Waals surface area contributed by atoms with Crippen molar-refractivity contribution >= 4 is 28.8 Å². The van der Waals surface area contributed by atoms with Crippen molar-refractivity contribution in [2.75, 3.05) is 12.0 Å². The summed E-state index contributed by atoms with van der Waals surface area (Å²) in [5.74, 6) is -0.594. The molecule has 80 valence electrons. The zero-order chi connectivity index (χ0) is 11.1. The normalized spacial score (nSPS) is 13.5. The maximum atomic E-state index is 11.1. The van der Waals surface area contributed by atoms with E-state index in [1.807, 2.05) is 6.07 Å². The Morgan fingerprint density at radius 1 is 1.50 bits per heavy atom. The molecule has 1 aliphatic rings. The molecule has 0 unspecified atom stereocenters. The molecule has 2 aromatic rings. The SMILES string of the molecule is NC(=O)c1noc2c3c(ccc12)C=NCN3. The molecule has 0 aliphatic carbocycles. The van der Waals surface area contributed by atoms with Crippen LogP contribution in [-0.2, 0) is 0 Å². The van der Waals surface area contributed by atoms with Crippen molar-refractivity contribution in [3.63, 3.8) is 0 Å². The predicted molar refractivity (Wildman–Crippen MR) is 58.6 cm³/mol. The van der Waals surface area contributed by atoms with Crippen LogP contribution < -0.4 is 11.1 Å². The summed E-state index contributed by atoms with van der Waals surface area (Å²) in [6, 6.07) is 3.60. The summed E-state index contributed by atoms with van der Waals surface area (Å²) < 4.78 is 5.13. The third-order valence-electron chi connectivity index (χ3n) is 2.48. The van der Waals surface area contributed by atoms with Gasteiger partial charge in [-0.2, -0.15) is 0 Å². The number of hydrogen-bond acceptors (Lipinski definition) is 5. The Kier molecular flexibility index (Phi) is 1.70. The topological polar surface area (TPSA) is 93.5 Å². The van der Waals surface area contributed by atoms with Gasteiger partial charge in [0.05, 0.1) is 11.1 Å². The average Bonchev–Trinajstić information content (AvgIpc) is 2.73. The second kappa shape index (κ2) is 3.06. The molecule has 3 N–H and O–H groups in total. The van der Waals surface area contributed by atoms with E-state index in [2.05, 4.69) is 15.5 Å². The molecule has 0 saturated heterocycles. The Labute approximate surface area is 90.1 Å². The molecule has 0 bridgehead atoms. The third kappa shape index (κ3) is 1.10. The number of benzene rings is 1.